The number of nitrogens with zero attached hydrogens (tertiary/aromatic N) is 2. The van der Waals surface area contributed by atoms with Gasteiger partial charge in [0.1, 0.15) is 10.9 Å². The maximum atomic E-state index is 12.2. The molecule has 0 aromatic carbocycles. The van der Waals surface area contributed by atoms with E-state index >= 15 is 0 Å². The summed E-state index contributed by atoms with van der Waals surface area (Å²) in [7, 11) is 1.27. The largest absolute Gasteiger partial charge is 0.467 e. The quantitative estimate of drug-likeness (QED) is 0.777. The van der Waals surface area contributed by atoms with Gasteiger partial charge in [-0.3, -0.25) is 4.79 Å². The topological polar surface area (TPSA) is 79.7 Å². The molecule has 2 heterocycles. The summed E-state index contributed by atoms with van der Waals surface area (Å²) in [6.45, 7) is 1.95. The number of aliphatic hydroxyl groups excluding tert-OH is 1. The molecule has 2 unspecified atom stereocenters. The van der Waals surface area contributed by atoms with E-state index in [4.69, 9.17) is 0 Å². The van der Waals surface area contributed by atoms with Gasteiger partial charge in [0, 0.05) is 13.0 Å². The lowest BCUT2D eigenvalue weighted by molar-refractivity contribution is -0.145. The van der Waals surface area contributed by atoms with Crippen molar-refractivity contribution in [3.8, 4) is 0 Å². The number of aryl methyl sites for hydroxylation is 1. The van der Waals surface area contributed by atoms with Gasteiger partial charge in [-0.05, 0) is 6.92 Å². The first-order chi connectivity index (χ1) is 8.52. The third kappa shape index (κ3) is 2.37. The number of aliphatic hydroxyl groups is 1. The summed E-state index contributed by atoms with van der Waals surface area (Å²) < 4.78 is 4.65. The Labute approximate surface area is 108 Å². The van der Waals surface area contributed by atoms with E-state index in [-0.39, 0.29) is 18.9 Å². The van der Waals surface area contributed by atoms with Crippen molar-refractivity contribution in [3.63, 3.8) is 0 Å². The zero-order valence-electron chi connectivity index (χ0n) is 10.1. The third-order valence-corrected chi connectivity index (χ3v) is 3.75. The molecule has 1 saturated heterocycles. The van der Waals surface area contributed by atoms with Crippen molar-refractivity contribution in [2.24, 2.45) is 0 Å². The van der Waals surface area contributed by atoms with Crippen molar-refractivity contribution in [2.75, 3.05) is 13.7 Å². The summed E-state index contributed by atoms with van der Waals surface area (Å²) in [5.41, 5.74) is 0. The molecule has 1 amide bonds. The molecule has 7 heteroatoms. The Morgan fingerprint density at radius 3 is 2.89 bits per heavy atom. The summed E-state index contributed by atoms with van der Waals surface area (Å²) in [6.07, 6.45) is 1.02. The van der Waals surface area contributed by atoms with Crippen molar-refractivity contribution in [2.45, 2.75) is 25.5 Å². The summed E-state index contributed by atoms with van der Waals surface area (Å²) in [6, 6.07) is -0.708. The monoisotopic (exact) mass is 270 g/mol. The molecular weight excluding hydrogens is 256 g/mol. The highest BCUT2D eigenvalue weighted by atomic mass is 32.1. The zero-order chi connectivity index (χ0) is 13.3. The minimum absolute atomic E-state index is 0.148. The Morgan fingerprint density at radius 1 is 1.61 bits per heavy atom. The van der Waals surface area contributed by atoms with Crippen LogP contribution in [0.3, 0.4) is 0 Å². The van der Waals surface area contributed by atoms with Crippen molar-refractivity contribution < 1.29 is 19.4 Å². The smallest absolute Gasteiger partial charge is 0.328 e. The van der Waals surface area contributed by atoms with Crippen molar-refractivity contribution in [3.05, 3.63) is 16.1 Å². The lowest BCUT2D eigenvalue weighted by Crippen LogP contribution is -2.40. The predicted octanol–water partition coefficient (Wildman–Crippen LogP) is 0.200. The second-order valence-electron chi connectivity index (χ2n) is 4.13. The van der Waals surface area contributed by atoms with E-state index in [2.05, 4.69) is 9.72 Å². The second-order valence-corrected chi connectivity index (χ2v) is 5.36. The number of aromatic nitrogens is 1. The Bertz CT molecular complexity index is 473. The SMILES string of the molecule is COC(=O)C1CC(O)CN1C(=O)c1cnc(C)s1. The van der Waals surface area contributed by atoms with Gasteiger partial charge < -0.3 is 14.7 Å². The van der Waals surface area contributed by atoms with E-state index in [1.54, 1.807) is 6.92 Å². The number of hydrogen-bond acceptors (Lipinski definition) is 6. The number of carbonyl (C=O) groups is 2. The summed E-state index contributed by atoms with van der Waals surface area (Å²) in [5, 5.41) is 10.4. The predicted molar refractivity (Wildman–Crippen MR) is 64.3 cm³/mol. The Kier molecular flexibility index (Phi) is 3.63. The Balaban J connectivity index is 2.20. The average molecular weight is 270 g/mol. The fourth-order valence-corrected chi connectivity index (χ4v) is 2.73. The molecule has 1 fully saturated rings. The summed E-state index contributed by atoms with van der Waals surface area (Å²) in [5.74, 6) is -0.784. The second kappa shape index (κ2) is 5.03. The molecule has 1 aromatic heterocycles. The highest BCUT2D eigenvalue weighted by Crippen LogP contribution is 2.23. The number of amides is 1. The molecule has 1 N–H and O–H groups in total. The number of methoxy groups -OCH3 is 1. The molecule has 0 saturated carbocycles. The van der Waals surface area contributed by atoms with Gasteiger partial charge >= 0.3 is 5.97 Å². The molecule has 0 aliphatic carbocycles. The van der Waals surface area contributed by atoms with Crippen LogP contribution in [0.5, 0.6) is 0 Å². The van der Waals surface area contributed by atoms with E-state index in [1.165, 1.54) is 29.5 Å². The van der Waals surface area contributed by atoms with Crippen LogP contribution in [0, 0.1) is 6.92 Å². The first-order valence-corrected chi connectivity index (χ1v) is 6.34. The van der Waals surface area contributed by atoms with Crippen molar-refractivity contribution in [1.29, 1.82) is 0 Å². The maximum Gasteiger partial charge on any atom is 0.328 e. The molecule has 0 spiro atoms. The molecule has 0 bridgehead atoms. The highest BCUT2D eigenvalue weighted by Gasteiger charge is 2.40. The minimum atomic E-state index is -0.708. The van der Waals surface area contributed by atoms with Crippen molar-refractivity contribution >= 4 is 23.2 Å². The van der Waals surface area contributed by atoms with Gasteiger partial charge in [0.25, 0.3) is 5.91 Å². The van der Waals surface area contributed by atoms with Gasteiger partial charge in [-0.1, -0.05) is 0 Å². The summed E-state index contributed by atoms with van der Waals surface area (Å²) >= 11 is 1.27. The number of thiazole rings is 1. The molecule has 1 aromatic rings. The van der Waals surface area contributed by atoms with Crippen LogP contribution in [0.1, 0.15) is 21.1 Å². The van der Waals surface area contributed by atoms with Crippen molar-refractivity contribution in [1.82, 2.24) is 9.88 Å². The number of β-amino-alcohol motifs (C(OH)–C–C–N with tert-alkyl or cyclic N) is 1. The third-order valence-electron chi connectivity index (χ3n) is 2.85. The molecule has 2 atom stereocenters. The molecular formula is C11H14N2O4S. The van der Waals surface area contributed by atoms with Gasteiger partial charge in [-0.15, -0.1) is 11.3 Å². The molecule has 6 nitrogen and oxygen atoms in total. The van der Waals surface area contributed by atoms with E-state index in [9.17, 15) is 14.7 Å². The average Bonchev–Trinajstić information content (AvgIpc) is 2.93. The first-order valence-electron chi connectivity index (χ1n) is 5.52. The van der Waals surface area contributed by atoms with Gasteiger partial charge in [0.2, 0.25) is 0 Å². The fourth-order valence-electron chi connectivity index (χ4n) is 2.00. The van der Waals surface area contributed by atoms with E-state index < -0.39 is 18.1 Å². The molecule has 1 aliphatic rings. The molecule has 18 heavy (non-hydrogen) atoms. The molecule has 98 valence electrons. The van der Waals surface area contributed by atoms with Crippen LogP contribution in [0.4, 0.5) is 0 Å². The maximum absolute atomic E-state index is 12.2. The number of esters is 1. The number of likely N-dealkylation sites (tertiary alicyclic amines) is 1. The Hall–Kier alpha value is -1.47. The first kappa shape index (κ1) is 13.0. The molecule has 2 rings (SSSR count). The van der Waals surface area contributed by atoms with Crippen LogP contribution < -0.4 is 0 Å². The number of hydrogen-bond donors (Lipinski definition) is 1. The van der Waals surface area contributed by atoms with Crippen LogP contribution in [0.25, 0.3) is 0 Å². The zero-order valence-corrected chi connectivity index (χ0v) is 10.9. The van der Waals surface area contributed by atoms with E-state index in [0.29, 0.717) is 4.88 Å². The van der Waals surface area contributed by atoms with Gasteiger partial charge in [-0.25, -0.2) is 9.78 Å². The Morgan fingerprint density at radius 2 is 2.33 bits per heavy atom. The van der Waals surface area contributed by atoms with E-state index in [1.807, 2.05) is 0 Å². The number of rotatable bonds is 2. The highest BCUT2D eigenvalue weighted by molar-refractivity contribution is 7.13. The lowest BCUT2D eigenvalue weighted by Gasteiger charge is -2.21. The van der Waals surface area contributed by atoms with Crippen LogP contribution in [-0.2, 0) is 9.53 Å². The molecule has 0 radical (unpaired) electrons. The lowest BCUT2D eigenvalue weighted by atomic mass is 10.2. The van der Waals surface area contributed by atoms with Crippen LogP contribution in [0.15, 0.2) is 6.20 Å². The fraction of sp³-hybridized carbons (Fsp3) is 0.545. The van der Waals surface area contributed by atoms with Crippen LogP contribution in [0.2, 0.25) is 0 Å². The molecule has 1 aliphatic heterocycles. The van der Waals surface area contributed by atoms with Gasteiger partial charge in [0.15, 0.2) is 0 Å². The van der Waals surface area contributed by atoms with Gasteiger partial charge in [-0.2, -0.15) is 0 Å². The normalized spacial score (nSPS) is 23.2. The van der Waals surface area contributed by atoms with Crippen LogP contribution in [-0.4, -0.2) is 52.7 Å². The number of ether oxygens (including phenoxy) is 1. The minimum Gasteiger partial charge on any atom is -0.467 e. The van der Waals surface area contributed by atoms with Gasteiger partial charge in [0.05, 0.1) is 24.4 Å². The summed E-state index contributed by atoms with van der Waals surface area (Å²) in [4.78, 5) is 29.6. The number of carbonyl (C=O) groups excluding carboxylic acids is 2. The standard InChI is InChI=1S/C11H14N2O4S/c1-6-12-4-9(18-6)10(15)13-5-7(14)3-8(13)11(16)17-2/h4,7-8,14H,3,5H2,1-2H3. The van der Waals surface area contributed by atoms with E-state index in [0.717, 1.165) is 5.01 Å². The van der Waals surface area contributed by atoms with Crippen LogP contribution >= 0.6 is 11.3 Å².